The average molecular weight is 328 g/mol. The lowest BCUT2D eigenvalue weighted by molar-refractivity contribution is -0.119. The Hall–Kier alpha value is -1.85. The zero-order valence-electron chi connectivity index (χ0n) is 10.8. The zero-order chi connectivity index (χ0) is 14.9. The second kappa shape index (κ2) is 5.50. The number of rotatable bonds is 4. The number of amides is 1. The molecule has 2 aromatic heterocycles. The van der Waals surface area contributed by atoms with E-state index in [0.29, 0.717) is 17.2 Å². The van der Waals surface area contributed by atoms with E-state index >= 15 is 0 Å². The molecule has 11 heteroatoms. The van der Waals surface area contributed by atoms with Crippen LogP contribution in [0.4, 0.5) is 5.95 Å². The van der Waals surface area contributed by atoms with Crippen LogP contribution in [0.2, 0.25) is 0 Å². The van der Waals surface area contributed by atoms with Gasteiger partial charge in [0.1, 0.15) is 4.21 Å². The monoisotopic (exact) mass is 328 g/mol. The normalized spacial score (nSPS) is 19.7. The highest BCUT2D eigenvalue weighted by molar-refractivity contribution is 7.91. The van der Waals surface area contributed by atoms with Crippen LogP contribution in [-0.4, -0.2) is 52.3 Å². The fraction of sp³-hybridized carbons (Fsp3) is 0.400. The fourth-order valence-electron chi connectivity index (χ4n) is 2.13. The summed E-state index contributed by atoms with van der Waals surface area (Å²) in [5.41, 5.74) is 0. The molecule has 1 saturated heterocycles. The van der Waals surface area contributed by atoms with Crippen molar-refractivity contribution in [3.05, 3.63) is 17.5 Å². The number of anilines is 1. The minimum absolute atomic E-state index is 0.152. The van der Waals surface area contributed by atoms with Crippen LogP contribution in [0.1, 0.15) is 6.42 Å². The molecular weight excluding hydrogens is 316 g/mol. The van der Waals surface area contributed by atoms with Crippen LogP contribution in [0.3, 0.4) is 0 Å². The molecule has 0 saturated carbocycles. The Morgan fingerprint density at radius 2 is 2.38 bits per heavy atom. The van der Waals surface area contributed by atoms with E-state index < -0.39 is 15.9 Å². The van der Waals surface area contributed by atoms with E-state index in [0.717, 1.165) is 0 Å². The van der Waals surface area contributed by atoms with Gasteiger partial charge in [0.2, 0.25) is 11.9 Å². The summed E-state index contributed by atoms with van der Waals surface area (Å²) >= 11 is 1.17. The summed E-state index contributed by atoms with van der Waals surface area (Å²) in [5, 5.41) is 16.9. The second-order valence-electron chi connectivity index (χ2n) is 4.52. The number of carbonyl (C=O) groups excluding carboxylic acids is 1. The van der Waals surface area contributed by atoms with Gasteiger partial charge in [0, 0.05) is 13.1 Å². The van der Waals surface area contributed by atoms with Crippen molar-refractivity contribution in [3.63, 3.8) is 0 Å². The van der Waals surface area contributed by atoms with Gasteiger partial charge in [0.25, 0.3) is 10.0 Å². The van der Waals surface area contributed by atoms with E-state index in [1.165, 1.54) is 15.6 Å². The van der Waals surface area contributed by atoms with Gasteiger partial charge in [-0.15, -0.1) is 11.3 Å². The van der Waals surface area contributed by atoms with Crippen molar-refractivity contribution in [3.8, 4) is 0 Å². The summed E-state index contributed by atoms with van der Waals surface area (Å²) in [6.07, 6.45) is 0.470. The number of hydrogen-bond acceptors (Lipinski definition) is 7. The molecule has 0 aromatic carbocycles. The molecule has 1 atom stereocenters. The van der Waals surface area contributed by atoms with Crippen LogP contribution in [0.5, 0.6) is 0 Å². The SMILES string of the molecule is O=C(Nc1nnn[nH]1)[C@H]1CCN(S(=O)(=O)c2cccs2)C1. The van der Waals surface area contributed by atoms with Crippen LogP contribution in [-0.2, 0) is 14.8 Å². The van der Waals surface area contributed by atoms with Crippen LogP contribution in [0, 0.1) is 5.92 Å². The summed E-state index contributed by atoms with van der Waals surface area (Å²) in [5.74, 6) is -0.554. The van der Waals surface area contributed by atoms with Crippen molar-refractivity contribution in [2.24, 2.45) is 5.92 Å². The third-order valence-corrected chi connectivity index (χ3v) is 6.44. The van der Waals surface area contributed by atoms with Gasteiger partial charge in [-0.3, -0.25) is 10.1 Å². The first-order valence-electron chi connectivity index (χ1n) is 6.15. The maximum absolute atomic E-state index is 12.3. The van der Waals surface area contributed by atoms with Crippen molar-refractivity contribution >= 4 is 33.2 Å². The molecule has 0 unspecified atom stereocenters. The number of nitrogens with one attached hydrogen (secondary N) is 2. The Morgan fingerprint density at radius 1 is 1.52 bits per heavy atom. The lowest BCUT2D eigenvalue weighted by Gasteiger charge is -2.14. The van der Waals surface area contributed by atoms with E-state index in [1.54, 1.807) is 17.5 Å². The highest BCUT2D eigenvalue weighted by Crippen LogP contribution is 2.27. The molecule has 2 aromatic rings. The highest BCUT2D eigenvalue weighted by Gasteiger charge is 2.36. The molecule has 3 heterocycles. The van der Waals surface area contributed by atoms with Crippen LogP contribution in [0.15, 0.2) is 21.7 Å². The first kappa shape index (κ1) is 14.1. The van der Waals surface area contributed by atoms with Crippen molar-refractivity contribution in [2.45, 2.75) is 10.6 Å². The summed E-state index contributed by atoms with van der Waals surface area (Å²) in [7, 11) is -3.50. The Bertz CT molecular complexity index is 712. The highest BCUT2D eigenvalue weighted by atomic mass is 32.2. The molecule has 1 aliphatic heterocycles. The number of carbonyl (C=O) groups is 1. The molecule has 1 fully saturated rings. The average Bonchev–Trinajstić information content (AvgIpc) is 3.20. The van der Waals surface area contributed by atoms with E-state index in [1.807, 2.05) is 0 Å². The Labute approximate surface area is 124 Å². The van der Waals surface area contributed by atoms with E-state index in [-0.39, 0.29) is 18.4 Å². The van der Waals surface area contributed by atoms with Gasteiger partial charge in [-0.05, 0) is 28.3 Å². The Balaban J connectivity index is 1.67. The predicted octanol–water partition coefficient (Wildman–Crippen LogP) is -0.0895. The second-order valence-corrected chi connectivity index (χ2v) is 7.63. The van der Waals surface area contributed by atoms with Gasteiger partial charge >= 0.3 is 0 Å². The largest absolute Gasteiger partial charge is 0.293 e. The number of aromatic amines is 1. The number of sulfonamides is 1. The van der Waals surface area contributed by atoms with E-state index in [2.05, 4.69) is 25.9 Å². The molecule has 0 spiro atoms. The van der Waals surface area contributed by atoms with Gasteiger partial charge in [-0.25, -0.2) is 13.5 Å². The topological polar surface area (TPSA) is 121 Å². The Morgan fingerprint density at radius 3 is 3.05 bits per heavy atom. The van der Waals surface area contributed by atoms with Crippen molar-refractivity contribution in [1.29, 1.82) is 0 Å². The zero-order valence-corrected chi connectivity index (χ0v) is 12.4. The number of aromatic nitrogens is 4. The molecule has 1 amide bonds. The standard InChI is InChI=1S/C10H12N6O3S2/c17-9(11-10-12-14-15-13-10)7-3-4-16(6-7)21(18,19)8-2-1-5-20-8/h1-2,5,7H,3-4,6H2,(H2,11,12,13,14,15,17)/t7-/m0/s1. The van der Waals surface area contributed by atoms with Crippen LogP contribution < -0.4 is 5.32 Å². The van der Waals surface area contributed by atoms with Gasteiger partial charge < -0.3 is 0 Å². The van der Waals surface area contributed by atoms with Gasteiger partial charge in [0.15, 0.2) is 0 Å². The molecular formula is C10H12N6O3S2. The maximum Gasteiger partial charge on any atom is 0.252 e. The molecule has 1 aliphatic rings. The number of nitrogens with zero attached hydrogens (tertiary/aromatic N) is 4. The van der Waals surface area contributed by atoms with Crippen LogP contribution >= 0.6 is 11.3 Å². The molecule has 112 valence electrons. The molecule has 3 rings (SSSR count). The molecule has 0 radical (unpaired) electrons. The van der Waals surface area contributed by atoms with Gasteiger partial charge in [-0.2, -0.15) is 4.31 Å². The first-order valence-corrected chi connectivity index (χ1v) is 8.47. The summed E-state index contributed by atoms with van der Waals surface area (Å²) in [4.78, 5) is 12.0. The van der Waals surface area contributed by atoms with Crippen molar-refractivity contribution in [1.82, 2.24) is 24.9 Å². The minimum Gasteiger partial charge on any atom is -0.293 e. The summed E-state index contributed by atoms with van der Waals surface area (Å²) in [6, 6.07) is 3.25. The lowest BCUT2D eigenvalue weighted by Crippen LogP contribution is -2.31. The quantitative estimate of drug-likeness (QED) is 0.809. The molecule has 2 N–H and O–H groups in total. The minimum atomic E-state index is -3.50. The van der Waals surface area contributed by atoms with Gasteiger partial charge in [0.05, 0.1) is 5.92 Å². The summed E-state index contributed by atoms with van der Waals surface area (Å²) in [6.45, 7) is 0.487. The third kappa shape index (κ3) is 2.80. The van der Waals surface area contributed by atoms with Crippen molar-refractivity contribution < 1.29 is 13.2 Å². The molecule has 0 aliphatic carbocycles. The number of tetrazole rings is 1. The smallest absolute Gasteiger partial charge is 0.252 e. The van der Waals surface area contributed by atoms with Crippen molar-refractivity contribution in [2.75, 3.05) is 18.4 Å². The van der Waals surface area contributed by atoms with Gasteiger partial charge in [-0.1, -0.05) is 11.2 Å². The molecule has 21 heavy (non-hydrogen) atoms. The number of H-pyrrole nitrogens is 1. The third-order valence-electron chi connectivity index (χ3n) is 3.20. The molecule has 0 bridgehead atoms. The first-order chi connectivity index (χ1) is 10.1. The van der Waals surface area contributed by atoms with E-state index in [4.69, 9.17) is 0 Å². The maximum atomic E-state index is 12.3. The van der Waals surface area contributed by atoms with E-state index in [9.17, 15) is 13.2 Å². The lowest BCUT2D eigenvalue weighted by atomic mass is 10.1. The fourth-order valence-corrected chi connectivity index (χ4v) is 4.77. The number of thiophene rings is 1. The number of hydrogen-bond donors (Lipinski definition) is 2. The van der Waals surface area contributed by atoms with Crippen LogP contribution in [0.25, 0.3) is 0 Å². The summed E-state index contributed by atoms with van der Waals surface area (Å²) < 4.78 is 26.3. The molecule has 9 nitrogen and oxygen atoms in total. The Kier molecular flexibility index (Phi) is 3.69. The predicted molar refractivity (Wildman–Crippen MR) is 74.0 cm³/mol.